The van der Waals surface area contributed by atoms with Crippen LogP contribution in [0.1, 0.15) is 28.8 Å². The third kappa shape index (κ3) is 4.60. The minimum absolute atomic E-state index is 0.0759. The summed E-state index contributed by atoms with van der Waals surface area (Å²) in [6.07, 6.45) is 3.00. The smallest absolute Gasteiger partial charge is 0.257 e. The van der Waals surface area contributed by atoms with Crippen molar-refractivity contribution in [3.8, 4) is 17.0 Å². The Kier molecular flexibility index (Phi) is 6.02. The van der Waals surface area contributed by atoms with Gasteiger partial charge in [-0.1, -0.05) is 30.3 Å². The molecule has 2 amide bonds. The van der Waals surface area contributed by atoms with E-state index in [1.165, 1.54) is 0 Å². The van der Waals surface area contributed by atoms with Gasteiger partial charge in [-0.05, 0) is 42.7 Å². The fraction of sp³-hybridized carbons (Fsp3) is 0.292. The molecule has 0 saturated carbocycles. The molecule has 1 aliphatic heterocycles. The molecule has 0 atom stereocenters. The van der Waals surface area contributed by atoms with Crippen LogP contribution >= 0.6 is 0 Å². The highest BCUT2D eigenvalue weighted by atomic mass is 16.5. The van der Waals surface area contributed by atoms with E-state index in [0.717, 1.165) is 16.9 Å². The Balaban J connectivity index is 1.64. The van der Waals surface area contributed by atoms with E-state index in [9.17, 15) is 9.59 Å². The number of hydrogen-bond donors (Lipinski definition) is 1. The van der Waals surface area contributed by atoms with Crippen LogP contribution in [0.25, 0.3) is 11.3 Å². The van der Waals surface area contributed by atoms with Gasteiger partial charge in [0.1, 0.15) is 11.4 Å². The number of carbonyl (C=O) groups excluding carboxylic acids is 2. The Bertz CT molecular complexity index is 1050. The quantitative estimate of drug-likeness (QED) is 0.666. The van der Waals surface area contributed by atoms with Crippen molar-refractivity contribution in [1.82, 2.24) is 14.7 Å². The van der Waals surface area contributed by atoms with Gasteiger partial charge < -0.3 is 15.4 Å². The Morgan fingerprint density at radius 1 is 1.06 bits per heavy atom. The maximum atomic E-state index is 13.4. The van der Waals surface area contributed by atoms with E-state index >= 15 is 0 Å². The molecule has 2 heterocycles. The minimum Gasteiger partial charge on any atom is -0.497 e. The molecule has 1 aromatic heterocycles. The number of amides is 2. The van der Waals surface area contributed by atoms with Crippen LogP contribution < -0.4 is 10.5 Å². The van der Waals surface area contributed by atoms with Gasteiger partial charge in [-0.3, -0.25) is 14.3 Å². The van der Waals surface area contributed by atoms with Crippen LogP contribution in [-0.4, -0.2) is 46.7 Å². The summed E-state index contributed by atoms with van der Waals surface area (Å²) >= 11 is 0. The van der Waals surface area contributed by atoms with Crippen molar-refractivity contribution in [2.45, 2.75) is 19.4 Å². The second-order valence-electron chi connectivity index (χ2n) is 7.77. The second-order valence-corrected chi connectivity index (χ2v) is 7.77. The molecule has 1 fully saturated rings. The number of nitrogens with zero attached hydrogens (tertiary/aromatic N) is 3. The monoisotopic (exact) mass is 418 g/mol. The van der Waals surface area contributed by atoms with E-state index in [2.05, 4.69) is 0 Å². The van der Waals surface area contributed by atoms with Crippen molar-refractivity contribution in [2.24, 2.45) is 11.7 Å². The van der Waals surface area contributed by atoms with Crippen molar-refractivity contribution < 1.29 is 14.3 Å². The van der Waals surface area contributed by atoms with Gasteiger partial charge >= 0.3 is 0 Å². The second kappa shape index (κ2) is 9.04. The third-order valence-electron chi connectivity index (χ3n) is 5.73. The molecular formula is C24H26N4O3. The lowest BCUT2D eigenvalue weighted by molar-refractivity contribution is -0.123. The molecule has 0 unspecified atom stereocenters. The van der Waals surface area contributed by atoms with Crippen molar-refractivity contribution in [3.63, 3.8) is 0 Å². The molecule has 0 aliphatic carbocycles. The Labute approximate surface area is 181 Å². The minimum atomic E-state index is -0.290. The van der Waals surface area contributed by atoms with Gasteiger partial charge in [0.25, 0.3) is 5.91 Å². The lowest BCUT2D eigenvalue weighted by Crippen LogP contribution is -2.41. The molecule has 3 aromatic rings. The van der Waals surface area contributed by atoms with Gasteiger partial charge in [0.2, 0.25) is 5.91 Å². The molecule has 2 aromatic carbocycles. The summed E-state index contributed by atoms with van der Waals surface area (Å²) in [5, 5.41) is 4.74. The van der Waals surface area contributed by atoms with Crippen LogP contribution in [0.4, 0.5) is 0 Å². The lowest BCUT2D eigenvalue weighted by atomic mass is 9.95. The Morgan fingerprint density at radius 3 is 2.35 bits per heavy atom. The van der Waals surface area contributed by atoms with E-state index in [1.807, 2.05) is 60.8 Å². The van der Waals surface area contributed by atoms with Crippen molar-refractivity contribution in [3.05, 3.63) is 71.9 Å². The highest BCUT2D eigenvalue weighted by molar-refractivity contribution is 6.00. The fourth-order valence-corrected chi connectivity index (χ4v) is 3.93. The van der Waals surface area contributed by atoms with Crippen molar-refractivity contribution in [1.29, 1.82) is 0 Å². The number of likely N-dealkylation sites (tertiary alicyclic amines) is 1. The Hall–Kier alpha value is -3.61. The van der Waals surface area contributed by atoms with Crippen LogP contribution in [0.5, 0.6) is 5.75 Å². The van der Waals surface area contributed by atoms with Crippen LogP contribution in [-0.2, 0) is 11.3 Å². The number of aromatic nitrogens is 2. The summed E-state index contributed by atoms with van der Waals surface area (Å²) < 4.78 is 7.06. The first kappa shape index (κ1) is 20.7. The first-order chi connectivity index (χ1) is 15.0. The Morgan fingerprint density at radius 2 is 1.74 bits per heavy atom. The van der Waals surface area contributed by atoms with Crippen LogP contribution in [0.15, 0.2) is 60.8 Å². The van der Waals surface area contributed by atoms with E-state index in [4.69, 9.17) is 15.6 Å². The van der Waals surface area contributed by atoms with Gasteiger partial charge in [0.15, 0.2) is 0 Å². The summed E-state index contributed by atoms with van der Waals surface area (Å²) in [5.74, 6) is 0.217. The van der Waals surface area contributed by atoms with E-state index in [0.29, 0.717) is 43.7 Å². The van der Waals surface area contributed by atoms with Crippen LogP contribution in [0.3, 0.4) is 0 Å². The molecule has 1 aliphatic rings. The van der Waals surface area contributed by atoms with Gasteiger partial charge in [-0.2, -0.15) is 5.10 Å². The van der Waals surface area contributed by atoms with Crippen LogP contribution in [0.2, 0.25) is 0 Å². The maximum Gasteiger partial charge on any atom is 0.257 e. The van der Waals surface area contributed by atoms with Gasteiger partial charge in [0.05, 0.1) is 19.2 Å². The average Bonchev–Trinajstić information content (AvgIpc) is 3.23. The molecule has 160 valence electrons. The number of carbonyl (C=O) groups is 2. The standard InChI is InChI=1S/C24H26N4O3/c1-31-20-9-7-18(8-10-20)22-21(16-28(26-22)15-17-5-3-2-4-6-17)24(30)27-13-11-19(12-14-27)23(25)29/h2-10,16,19H,11-15H2,1H3,(H2,25,29). The first-order valence-corrected chi connectivity index (χ1v) is 10.4. The number of hydrogen-bond acceptors (Lipinski definition) is 4. The van der Waals surface area contributed by atoms with Crippen LogP contribution in [0, 0.1) is 5.92 Å². The number of benzene rings is 2. The molecule has 0 radical (unpaired) electrons. The number of primary amides is 1. The van der Waals surface area contributed by atoms with Crippen molar-refractivity contribution in [2.75, 3.05) is 20.2 Å². The highest BCUT2D eigenvalue weighted by Crippen LogP contribution is 2.27. The maximum absolute atomic E-state index is 13.4. The average molecular weight is 418 g/mol. The third-order valence-corrected chi connectivity index (χ3v) is 5.73. The largest absolute Gasteiger partial charge is 0.497 e. The molecule has 31 heavy (non-hydrogen) atoms. The zero-order valence-corrected chi connectivity index (χ0v) is 17.5. The number of ether oxygens (including phenoxy) is 1. The molecule has 7 nitrogen and oxygen atoms in total. The SMILES string of the molecule is COc1ccc(-c2nn(Cc3ccccc3)cc2C(=O)N2CCC(C(N)=O)CC2)cc1. The van der Waals surface area contributed by atoms with E-state index in [1.54, 1.807) is 16.7 Å². The molecule has 1 saturated heterocycles. The summed E-state index contributed by atoms with van der Waals surface area (Å²) in [6.45, 7) is 1.59. The van der Waals surface area contributed by atoms with Gasteiger partial charge in [-0.25, -0.2) is 0 Å². The lowest BCUT2D eigenvalue weighted by Gasteiger charge is -2.30. The molecule has 4 rings (SSSR count). The van der Waals surface area contributed by atoms with E-state index < -0.39 is 0 Å². The summed E-state index contributed by atoms with van der Waals surface area (Å²) in [5.41, 5.74) is 8.58. The normalized spacial score (nSPS) is 14.4. The van der Waals surface area contributed by atoms with Gasteiger partial charge in [-0.15, -0.1) is 0 Å². The van der Waals surface area contributed by atoms with Crippen molar-refractivity contribution >= 4 is 11.8 Å². The number of methoxy groups -OCH3 is 1. The van der Waals surface area contributed by atoms with E-state index in [-0.39, 0.29) is 17.7 Å². The van der Waals surface area contributed by atoms with Gasteiger partial charge in [0, 0.05) is 30.8 Å². The molecule has 2 N–H and O–H groups in total. The first-order valence-electron chi connectivity index (χ1n) is 10.4. The fourth-order valence-electron chi connectivity index (χ4n) is 3.93. The predicted molar refractivity (Wildman–Crippen MR) is 118 cm³/mol. The molecule has 7 heteroatoms. The molecular weight excluding hydrogens is 392 g/mol. The zero-order valence-electron chi connectivity index (χ0n) is 17.5. The zero-order chi connectivity index (χ0) is 21.8. The summed E-state index contributed by atoms with van der Waals surface area (Å²) in [7, 11) is 1.62. The molecule has 0 spiro atoms. The topological polar surface area (TPSA) is 90.5 Å². The number of rotatable bonds is 6. The summed E-state index contributed by atoms with van der Waals surface area (Å²) in [4.78, 5) is 26.6. The predicted octanol–water partition coefficient (Wildman–Crippen LogP) is 2.94. The number of nitrogens with two attached hydrogens (primary N) is 1. The number of piperidine rings is 1. The molecule has 0 bridgehead atoms. The highest BCUT2D eigenvalue weighted by Gasteiger charge is 2.29. The summed E-state index contributed by atoms with van der Waals surface area (Å²) in [6, 6.07) is 17.5.